The van der Waals surface area contributed by atoms with Crippen LogP contribution in [0.3, 0.4) is 0 Å². The van der Waals surface area contributed by atoms with Gasteiger partial charge in [-0.2, -0.15) is 0 Å². The van der Waals surface area contributed by atoms with E-state index in [4.69, 9.17) is 14.2 Å². The van der Waals surface area contributed by atoms with Gasteiger partial charge in [0, 0.05) is 18.2 Å². The highest BCUT2D eigenvalue weighted by Gasteiger charge is 2.52. The molecule has 3 rings (SSSR count). The van der Waals surface area contributed by atoms with Crippen LogP contribution in [0.2, 0.25) is 0 Å². The normalized spacial score (nSPS) is 19.9. The number of alkyl carbamates (subject to hydrolysis) is 1. The molecule has 9 heteroatoms. The maximum absolute atomic E-state index is 13.6. The molecule has 2 aromatic carbocycles. The summed E-state index contributed by atoms with van der Waals surface area (Å²) in [5, 5.41) is 8.68. The van der Waals surface area contributed by atoms with E-state index in [9.17, 15) is 14.4 Å². The maximum Gasteiger partial charge on any atom is 0.407 e. The molecule has 3 N–H and O–H groups in total. The average molecular weight is 512 g/mol. The zero-order valence-electron chi connectivity index (χ0n) is 22.3. The molecule has 1 saturated heterocycles. The summed E-state index contributed by atoms with van der Waals surface area (Å²) in [6.07, 6.45) is -0.0861. The Bertz CT molecular complexity index is 1090. The molecule has 1 aliphatic heterocycles. The summed E-state index contributed by atoms with van der Waals surface area (Å²) >= 11 is 0. The van der Waals surface area contributed by atoms with Gasteiger partial charge in [-0.3, -0.25) is 10.1 Å². The number of para-hydroxylation sites is 1. The number of hydrogen-bond donors (Lipinski definition) is 3. The van der Waals surface area contributed by atoms with Crippen LogP contribution in [0.15, 0.2) is 54.6 Å². The molecule has 0 bridgehead atoms. The van der Waals surface area contributed by atoms with Gasteiger partial charge in [0.25, 0.3) is 5.91 Å². The second kappa shape index (κ2) is 11.2. The van der Waals surface area contributed by atoms with Gasteiger partial charge >= 0.3 is 12.1 Å². The Labute approximate surface area is 218 Å². The van der Waals surface area contributed by atoms with Crippen molar-refractivity contribution in [2.75, 3.05) is 11.9 Å². The van der Waals surface area contributed by atoms with E-state index in [2.05, 4.69) is 16.0 Å². The van der Waals surface area contributed by atoms with Gasteiger partial charge in [0.1, 0.15) is 22.7 Å². The van der Waals surface area contributed by atoms with Crippen LogP contribution in [-0.2, 0) is 19.1 Å². The molecule has 2 atom stereocenters. The SMILES string of the molecule is CC(C)(C)OC(=O)N[C@@H]1CCN[C@](C(=O)Nc2ccc(Oc3ccccc3)cc2)(C(=O)OC(C)(C)C)C1. The molecule has 0 radical (unpaired) electrons. The van der Waals surface area contributed by atoms with E-state index in [0.29, 0.717) is 30.2 Å². The van der Waals surface area contributed by atoms with Crippen molar-refractivity contribution in [1.29, 1.82) is 0 Å². The van der Waals surface area contributed by atoms with Crippen molar-refractivity contribution in [3.63, 3.8) is 0 Å². The minimum Gasteiger partial charge on any atom is -0.458 e. The van der Waals surface area contributed by atoms with Gasteiger partial charge in [0.05, 0.1) is 0 Å². The first-order valence-corrected chi connectivity index (χ1v) is 12.4. The average Bonchev–Trinajstić information content (AvgIpc) is 2.78. The lowest BCUT2D eigenvalue weighted by molar-refractivity contribution is -0.167. The lowest BCUT2D eigenvalue weighted by Gasteiger charge is -2.40. The van der Waals surface area contributed by atoms with E-state index in [-0.39, 0.29) is 6.42 Å². The van der Waals surface area contributed by atoms with Crippen LogP contribution in [0, 0.1) is 0 Å². The van der Waals surface area contributed by atoms with Gasteiger partial charge in [-0.1, -0.05) is 18.2 Å². The monoisotopic (exact) mass is 511 g/mol. The first-order valence-electron chi connectivity index (χ1n) is 12.4. The summed E-state index contributed by atoms with van der Waals surface area (Å²) in [7, 11) is 0. The van der Waals surface area contributed by atoms with Gasteiger partial charge in [0.15, 0.2) is 5.54 Å². The Kier molecular flexibility index (Phi) is 8.48. The lowest BCUT2D eigenvalue weighted by atomic mass is 9.84. The van der Waals surface area contributed by atoms with Crippen molar-refractivity contribution in [3.8, 4) is 11.5 Å². The van der Waals surface area contributed by atoms with Crippen LogP contribution >= 0.6 is 0 Å². The lowest BCUT2D eigenvalue weighted by Crippen LogP contribution is -2.67. The topological polar surface area (TPSA) is 115 Å². The summed E-state index contributed by atoms with van der Waals surface area (Å²) in [6, 6.07) is 15.7. The van der Waals surface area contributed by atoms with Crippen molar-refractivity contribution < 1.29 is 28.6 Å². The Morgan fingerprint density at radius 1 is 0.865 bits per heavy atom. The number of anilines is 1. The summed E-state index contributed by atoms with van der Waals surface area (Å²) in [4.78, 5) is 39.4. The second-order valence-electron chi connectivity index (χ2n) is 11.1. The molecular weight excluding hydrogens is 474 g/mol. The van der Waals surface area contributed by atoms with Crippen molar-refractivity contribution >= 4 is 23.7 Å². The van der Waals surface area contributed by atoms with Crippen LogP contribution < -0.4 is 20.7 Å². The fraction of sp³-hybridized carbons (Fsp3) is 0.464. The summed E-state index contributed by atoms with van der Waals surface area (Å²) in [5.41, 5.74) is -2.71. The van der Waals surface area contributed by atoms with Crippen LogP contribution in [0.5, 0.6) is 11.5 Å². The van der Waals surface area contributed by atoms with Crippen molar-refractivity contribution in [1.82, 2.24) is 10.6 Å². The van der Waals surface area contributed by atoms with E-state index in [1.54, 1.807) is 65.8 Å². The molecule has 0 aliphatic carbocycles. The van der Waals surface area contributed by atoms with Gasteiger partial charge in [-0.05, 0) is 90.9 Å². The van der Waals surface area contributed by atoms with Gasteiger partial charge in [0.2, 0.25) is 0 Å². The minimum absolute atomic E-state index is 0.00217. The number of hydrogen-bond acceptors (Lipinski definition) is 7. The zero-order valence-corrected chi connectivity index (χ0v) is 22.3. The molecule has 2 amide bonds. The minimum atomic E-state index is -1.70. The van der Waals surface area contributed by atoms with E-state index < -0.39 is 40.8 Å². The van der Waals surface area contributed by atoms with Gasteiger partial charge in [-0.15, -0.1) is 0 Å². The molecule has 37 heavy (non-hydrogen) atoms. The molecule has 9 nitrogen and oxygen atoms in total. The third kappa shape index (κ3) is 8.21. The van der Waals surface area contributed by atoms with Gasteiger partial charge < -0.3 is 24.8 Å². The Balaban J connectivity index is 1.77. The highest BCUT2D eigenvalue weighted by atomic mass is 16.6. The Morgan fingerprint density at radius 2 is 1.46 bits per heavy atom. The number of benzene rings is 2. The summed E-state index contributed by atoms with van der Waals surface area (Å²) in [6.45, 7) is 10.8. The highest BCUT2D eigenvalue weighted by Crippen LogP contribution is 2.28. The maximum atomic E-state index is 13.6. The van der Waals surface area contributed by atoms with E-state index in [1.807, 2.05) is 30.3 Å². The third-order valence-electron chi connectivity index (χ3n) is 5.42. The fourth-order valence-corrected chi connectivity index (χ4v) is 3.86. The number of esters is 1. The summed E-state index contributed by atoms with van der Waals surface area (Å²) in [5.74, 6) is 0.00737. The van der Waals surface area contributed by atoms with Crippen LogP contribution in [0.25, 0.3) is 0 Å². The van der Waals surface area contributed by atoms with Gasteiger partial charge in [-0.25, -0.2) is 9.59 Å². The number of ether oxygens (including phenoxy) is 3. The number of carbonyl (C=O) groups is 3. The number of amides is 2. The predicted molar refractivity (Wildman–Crippen MR) is 141 cm³/mol. The zero-order chi connectivity index (χ0) is 27.3. The summed E-state index contributed by atoms with van der Waals surface area (Å²) < 4.78 is 16.8. The molecule has 1 heterocycles. The molecule has 2 aromatic rings. The van der Waals surface area contributed by atoms with Crippen LogP contribution in [0.1, 0.15) is 54.4 Å². The number of rotatable bonds is 6. The molecule has 0 saturated carbocycles. The Hall–Kier alpha value is -3.59. The molecule has 200 valence electrons. The smallest absolute Gasteiger partial charge is 0.407 e. The van der Waals surface area contributed by atoms with Crippen molar-refractivity contribution in [3.05, 3.63) is 54.6 Å². The van der Waals surface area contributed by atoms with Crippen molar-refractivity contribution in [2.45, 2.75) is 77.2 Å². The first-order chi connectivity index (χ1) is 17.3. The van der Waals surface area contributed by atoms with Crippen LogP contribution in [-0.4, -0.2) is 47.3 Å². The van der Waals surface area contributed by atoms with Crippen molar-refractivity contribution in [2.24, 2.45) is 0 Å². The largest absolute Gasteiger partial charge is 0.458 e. The quantitative estimate of drug-likeness (QED) is 0.378. The standard InChI is InChI=1S/C28H37N3O6/c1-26(2,3)36-24(33)28(18-20(16-17-29-28)31-25(34)37-27(4,5)6)23(32)30-19-12-14-22(15-13-19)35-21-10-8-7-9-11-21/h7-15,20,29H,16-18H2,1-6H3,(H,30,32)(H,31,34)/t20-,28-/m1/s1. The number of piperidine rings is 1. The number of nitrogens with one attached hydrogen (secondary N) is 3. The van der Waals surface area contributed by atoms with E-state index >= 15 is 0 Å². The third-order valence-corrected chi connectivity index (χ3v) is 5.42. The molecular formula is C28H37N3O6. The fourth-order valence-electron chi connectivity index (χ4n) is 3.86. The number of carbonyl (C=O) groups excluding carboxylic acids is 3. The highest BCUT2D eigenvalue weighted by molar-refractivity contribution is 6.13. The predicted octanol–water partition coefficient (Wildman–Crippen LogP) is 4.77. The second-order valence-corrected chi connectivity index (χ2v) is 11.1. The molecule has 0 spiro atoms. The molecule has 0 aromatic heterocycles. The van der Waals surface area contributed by atoms with E-state index in [1.165, 1.54) is 0 Å². The molecule has 0 unspecified atom stereocenters. The first kappa shape index (κ1) is 28.0. The molecule has 1 fully saturated rings. The van der Waals surface area contributed by atoms with E-state index in [0.717, 1.165) is 0 Å². The molecule has 1 aliphatic rings. The van der Waals surface area contributed by atoms with Crippen LogP contribution in [0.4, 0.5) is 10.5 Å². The Morgan fingerprint density at radius 3 is 2.05 bits per heavy atom.